The van der Waals surface area contributed by atoms with Crippen LogP contribution in [0.5, 0.6) is 5.75 Å². The average Bonchev–Trinajstić information content (AvgIpc) is 2.65. The fourth-order valence-electron chi connectivity index (χ4n) is 3.52. The first-order valence-corrected chi connectivity index (χ1v) is 11.4. The van der Waals surface area contributed by atoms with Gasteiger partial charge < -0.3 is 4.74 Å². The molecule has 2 nitrogen and oxygen atoms in total. The first kappa shape index (κ1) is 23.7. The molecule has 0 spiro atoms. The molecule has 0 bridgehead atoms. The number of benzene rings is 1. The van der Waals surface area contributed by atoms with Crippen LogP contribution in [0, 0.1) is 6.92 Å². The molecule has 0 N–H and O–H groups in total. The van der Waals surface area contributed by atoms with Gasteiger partial charge in [0.15, 0.2) is 5.78 Å². The summed E-state index contributed by atoms with van der Waals surface area (Å²) in [4.78, 5) is 11.7. The van der Waals surface area contributed by atoms with Crippen molar-refractivity contribution in [3.8, 4) is 5.75 Å². The number of carbonyl (C=O) groups is 1. The molecule has 154 valence electrons. The predicted octanol–water partition coefficient (Wildman–Crippen LogP) is 8.06. The van der Waals surface area contributed by atoms with E-state index in [0.29, 0.717) is 12.2 Å². The first-order chi connectivity index (χ1) is 13.1. The van der Waals surface area contributed by atoms with E-state index in [9.17, 15) is 4.79 Å². The molecule has 0 aliphatic heterocycles. The largest absolute Gasteiger partial charge is 0.493 e. The number of carbonyl (C=O) groups excluding carboxylic acids is 1. The summed E-state index contributed by atoms with van der Waals surface area (Å²) < 4.78 is 5.84. The van der Waals surface area contributed by atoms with Gasteiger partial charge >= 0.3 is 0 Å². The minimum absolute atomic E-state index is 0.0784. The van der Waals surface area contributed by atoms with E-state index in [1.165, 1.54) is 83.5 Å². The summed E-state index contributed by atoms with van der Waals surface area (Å²) in [6.45, 7) is 6.60. The lowest BCUT2D eigenvalue weighted by molar-refractivity contribution is 0.101. The Kier molecular flexibility index (Phi) is 13.8. The Hall–Kier alpha value is -1.31. The number of ketones is 1. The van der Waals surface area contributed by atoms with Crippen LogP contribution in [0.2, 0.25) is 0 Å². The molecule has 0 heterocycles. The molecule has 0 aliphatic rings. The van der Waals surface area contributed by atoms with Crippen molar-refractivity contribution in [3.63, 3.8) is 0 Å². The molecule has 0 saturated heterocycles. The number of rotatable bonds is 17. The average molecular weight is 375 g/mol. The zero-order valence-electron chi connectivity index (χ0n) is 18.2. The highest BCUT2D eigenvalue weighted by Gasteiger charge is 2.08. The lowest BCUT2D eigenvalue weighted by Gasteiger charge is -2.10. The van der Waals surface area contributed by atoms with E-state index in [1.807, 2.05) is 25.1 Å². The van der Waals surface area contributed by atoms with E-state index in [0.717, 1.165) is 17.7 Å². The van der Waals surface area contributed by atoms with Crippen LogP contribution in [0.1, 0.15) is 120 Å². The molecule has 0 aliphatic carbocycles. The van der Waals surface area contributed by atoms with Gasteiger partial charge in [-0.3, -0.25) is 4.79 Å². The summed E-state index contributed by atoms with van der Waals surface area (Å²) in [5.74, 6) is 0.817. The number of unbranched alkanes of at least 4 members (excludes halogenated alkanes) is 13. The van der Waals surface area contributed by atoms with Crippen molar-refractivity contribution < 1.29 is 9.53 Å². The van der Waals surface area contributed by atoms with Gasteiger partial charge in [-0.2, -0.15) is 0 Å². The fourth-order valence-corrected chi connectivity index (χ4v) is 3.52. The maximum atomic E-state index is 11.7. The Morgan fingerprint density at radius 1 is 0.778 bits per heavy atom. The molecule has 0 amide bonds. The molecule has 0 fully saturated rings. The molecule has 0 atom stereocenters. The number of hydrogen-bond donors (Lipinski definition) is 0. The van der Waals surface area contributed by atoms with E-state index in [1.54, 1.807) is 6.92 Å². The third-order valence-corrected chi connectivity index (χ3v) is 5.27. The maximum Gasteiger partial charge on any atom is 0.163 e. The number of hydrogen-bond acceptors (Lipinski definition) is 2. The van der Waals surface area contributed by atoms with Crippen molar-refractivity contribution in [2.75, 3.05) is 6.61 Å². The summed E-state index contributed by atoms with van der Waals surface area (Å²) in [5.41, 5.74) is 1.81. The molecule has 0 radical (unpaired) electrons. The molecule has 1 aromatic carbocycles. The standard InChI is InChI=1S/C25H42O2/c1-4-5-6-7-8-9-10-11-12-13-14-15-16-17-20-27-25-19-18-22(2)21-24(25)23(3)26/h18-19,21H,4-17,20H2,1-3H3. The highest BCUT2D eigenvalue weighted by atomic mass is 16.5. The van der Waals surface area contributed by atoms with E-state index in [-0.39, 0.29) is 5.78 Å². The second-order valence-electron chi connectivity index (χ2n) is 8.00. The summed E-state index contributed by atoms with van der Waals surface area (Å²) in [6, 6.07) is 5.85. The van der Waals surface area contributed by atoms with E-state index in [4.69, 9.17) is 4.74 Å². The molecule has 0 aromatic heterocycles. The first-order valence-electron chi connectivity index (χ1n) is 11.4. The van der Waals surface area contributed by atoms with Gasteiger partial charge in [-0.25, -0.2) is 0 Å². The van der Waals surface area contributed by atoms with Gasteiger partial charge in [-0.05, 0) is 32.4 Å². The van der Waals surface area contributed by atoms with Crippen LogP contribution in [0.25, 0.3) is 0 Å². The highest BCUT2D eigenvalue weighted by molar-refractivity contribution is 5.97. The van der Waals surface area contributed by atoms with Crippen molar-refractivity contribution in [2.24, 2.45) is 0 Å². The smallest absolute Gasteiger partial charge is 0.163 e. The lowest BCUT2D eigenvalue weighted by atomic mass is 10.0. The van der Waals surface area contributed by atoms with E-state index in [2.05, 4.69) is 6.92 Å². The minimum atomic E-state index is 0.0784. The number of ether oxygens (including phenoxy) is 1. The van der Waals surface area contributed by atoms with Crippen molar-refractivity contribution in [1.82, 2.24) is 0 Å². The topological polar surface area (TPSA) is 26.3 Å². The van der Waals surface area contributed by atoms with Gasteiger partial charge in [-0.15, -0.1) is 0 Å². The predicted molar refractivity (Wildman–Crippen MR) is 117 cm³/mol. The van der Waals surface area contributed by atoms with Gasteiger partial charge in [0.25, 0.3) is 0 Å². The zero-order valence-corrected chi connectivity index (χ0v) is 18.2. The Bertz CT molecular complexity index is 507. The molecule has 0 saturated carbocycles. The Balaban J connectivity index is 1.93. The summed E-state index contributed by atoms with van der Waals surface area (Å²) >= 11 is 0. The van der Waals surface area contributed by atoms with E-state index < -0.39 is 0 Å². The van der Waals surface area contributed by atoms with Crippen molar-refractivity contribution in [2.45, 2.75) is 111 Å². The van der Waals surface area contributed by atoms with Gasteiger partial charge in [0, 0.05) is 0 Å². The Labute approximate surface area is 168 Å². The van der Waals surface area contributed by atoms with Gasteiger partial charge in [0.2, 0.25) is 0 Å². The van der Waals surface area contributed by atoms with Crippen LogP contribution in [0.3, 0.4) is 0 Å². The highest BCUT2D eigenvalue weighted by Crippen LogP contribution is 2.21. The maximum absolute atomic E-state index is 11.7. The Morgan fingerprint density at radius 2 is 1.26 bits per heavy atom. The molecular weight excluding hydrogens is 332 g/mol. The van der Waals surface area contributed by atoms with Crippen LogP contribution in [0.4, 0.5) is 0 Å². The van der Waals surface area contributed by atoms with Gasteiger partial charge in [-0.1, -0.05) is 102 Å². The molecular formula is C25H42O2. The molecule has 2 heteroatoms. The zero-order chi connectivity index (χ0) is 19.7. The second-order valence-corrected chi connectivity index (χ2v) is 8.00. The quantitative estimate of drug-likeness (QED) is 0.203. The van der Waals surface area contributed by atoms with Crippen LogP contribution in [-0.2, 0) is 0 Å². The lowest BCUT2D eigenvalue weighted by Crippen LogP contribution is -2.03. The van der Waals surface area contributed by atoms with Crippen molar-refractivity contribution in [3.05, 3.63) is 29.3 Å². The van der Waals surface area contributed by atoms with Crippen LogP contribution < -0.4 is 4.74 Å². The van der Waals surface area contributed by atoms with Gasteiger partial charge in [0.05, 0.1) is 12.2 Å². The number of Topliss-reactive ketones (excluding diaryl/α,β-unsaturated/α-hetero) is 1. The number of aryl methyl sites for hydroxylation is 1. The minimum Gasteiger partial charge on any atom is -0.493 e. The summed E-state index contributed by atoms with van der Waals surface area (Å²) in [7, 11) is 0. The molecule has 1 rings (SSSR count). The summed E-state index contributed by atoms with van der Waals surface area (Å²) in [6.07, 6.45) is 19.1. The Morgan fingerprint density at radius 3 is 1.74 bits per heavy atom. The second kappa shape index (κ2) is 15.7. The summed E-state index contributed by atoms with van der Waals surface area (Å²) in [5, 5.41) is 0. The van der Waals surface area contributed by atoms with Gasteiger partial charge in [0.1, 0.15) is 5.75 Å². The van der Waals surface area contributed by atoms with Crippen molar-refractivity contribution >= 4 is 5.78 Å². The molecule has 27 heavy (non-hydrogen) atoms. The SMILES string of the molecule is CCCCCCCCCCCCCCCCOc1ccc(C)cc1C(C)=O. The third kappa shape index (κ3) is 11.9. The van der Waals surface area contributed by atoms with Crippen LogP contribution in [-0.4, -0.2) is 12.4 Å². The van der Waals surface area contributed by atoms with Crippen molar-refractivity contribution in [1.29, 1.82) is 0 Å². The van der Waals surface area contributed by atoms with E-state index >= 15 is 0 Å². The molecule has 0 unspecified atom stereocenters. The van der Waals surface area contributed by atoms with Crippen LogP contribution >= 0.6 is 0 Å². The normalized spacial score (nSPS) is 10.9. The monoisotopic (exact) mass is 374 g/mol. The fraction of sp³-hybridized carbons (Fsp3) is 0.720. The third-order valence-electron chi connectivity index (χ3n) is 5.27. The van der Waals surface area contributed by atoms with Crippen LogP contribution in [0.15, 0.2) is 18.2 Å². The molecule has 1 aromatic rings.